The molecule has 0 aromatic heterocycles. The van der Waals surface area contributed by atoms with Crippen LogP contribution < -0.4 is 11.3 Å². The van der Waals surface area contributed by atoms with Gasteiger partial charge in [-0.1, -0.05) is 19.1 Å². The highest BCUT2D eigenvalue weighted by atomic mass is 32.2. The lowest BCUT2D eigenvalue weighted by molar-refractivity contribution is 0.587. The normalized spacial score (nSPS) is 12.8. The molecule has 0 aliphatic heterocycles. The minimum Gasteiger partial charge on any atom is -0.271 e. The second-order valence-corrected chi connectivity index (χ2v) is 4.95. The summed E-state index contributed by atoms with van der Waals surface area (Å²) in [7, 11) is 0. The molecular weight excluding hydrogens is 223 g/mol. The Balaban J connectivity index is 2.67. The van der Waals surface area contributed by atoms with E-state index in [1.54, 1.807) is 19.1 Å². The molecule has 1 unspecified atom stereocenters. The van der Waals surface area contributed by atoms with Crippen LogP contribution in [0.15, 0.2) is 18.2 Å². The van der Waals surface area contributed by atoms with Gasteiger partial charge in [0.25, 0.3) is 0 Å². The molecule has 16 heavy (non-hydrogen) atoms. The number of hydrazine groups is 1. The van der Waals surface area contributed by atoms with E-state index in [1.807, 2.05) is 17.8 Å². The van der Waals surface area contributed by atoms with Gasteiger partial charge in [-0.15, -0.1) is 0 Å². The first-order valence-corrected chi connectivity index (χ1v) is 6.64. The summed E-state index contributed by atoms with van der Waals surface area (Å²) in [6.45, 7) is 3.90. The molecule has 1 atom stereocenters. The minimum absolute atomic E-state index is 0.0200. The summed E-state index contributed by atoms with van der Waals surface area (Å²) < 4.78 is 13.4. The first-order valence-electron chi connectivity index (χ1n) is 5.49. The quantitative estimate of drug-likeness (QED) is 0.457. The molecule has 1 aromatic carbocycles. The van der Waals surface area contributed by atoms with Crippen molar-refractivity contribution in [3.63, 3.8) is 0 Å². The summed E-state index contributed by atoms with van der Waals surface area (Å²) in [5.74, 6) is 7.29. The molecule has 0 saturated heterocycles. The van der Waals surface area contributed by atoms with Crippen LogP contribution in [0.2, 0.25) is 0 Å². The van der Waals surface area contributed by atoms with Crippen molar-refractivity contribution in [2.75, 3.05) is 11.5 Å². The number of hydrogen-bond donors (Lipinski definition) is 2. The summed E-state index contributed by atoms with van der Waals surface area (Å²) in [4.78, 5) is 0. The lowest BCUT2D eigenvalue weighted by Gasteiger charge is -2.16. The van der Waals surface area contributed by atoms with Crippen LogP contribution in [0.3, 0.4) is 0 Å². The average molecular weight is 242 g/mol. The van der Waals surface area contributed by atoms with Gasteiger partial charge in [-0.2, -0.15) is 11.8 Å². The molecular formula is C12H19FN2S. The Kier molecular flexibility index (Phi) is 5.80. The number of rotatable bonds is 6. The van der Waals surface area contributed by atoms with Gasteiger partial charge < -0.3 is 0 Å². The predicted octanol–water partition coefficient (Wildman–Crippen LogP) is 2.78. The van der Waals surface area contributed by atoms with Crippen LogP contribution in [-0.2, 0) is 0 Å². The van der Waals surface area contributed by atoms with Gasteiger partial charge in [-0.05, 0) is 36.3 Å². The molecule has 4 heteroatoms. The smallest absolute Gasteiger partial charge is 0.126 e. The summed E-state index contributed by atoms with van der Waals surface area (Å²) >= 11 is 1.83. The van der Waals surface area contributed by atoms with E-state index in [2.05, 4.69) is 12.3 Å². The van der Waals surface area contributed by atoms with Crippen molar-refractivity contribution in [3.05, 3.63) is 35.1 Å². The van der Waals surface area contributed by atoms with E-state index in [9.17, 15) is 4.39 Å². The van der Waals surface area contributed by atoms with Crippen LogP contribution in [0.25, 0.3) is 0 Å². The van der Waals surface area contributed by atoms with Gasteiger partial charge in [0.05, 0.1) is 6.04 Å². The van der Waals surface area contributed by atoms with Crippen LogP contribution in [0.4, 0.5) is 4.39 Å². The largest absolute Gasteiger partial charge is 0.271 e. The fourth-order valence-electron chi connectivity index (χ4n) is 1.41. The monoisotopic (exact) mass is 242 g/mol. The highest BCUT2D eigenvalue weighted by Crippen LogP contribution is 2.20. The minimum atomic E-state index is -0.168. The number of nitrogens with two attached hydrogens (primary N) is 1. The van der Waals surface area contributed by atoms with Crippen LogP contribution in [0.1, 0.15) is 30.5 Å². The van der Waals surface area contributed by atoms with Crippen molar-refractivity contribution >= 4 is 11.8 Å². The zero-order valence-electron chi connectivity index (χ0n) is 9.79. The van der Waals surface area contributed by atoms with Gasteiger partial charge in [0.2, 0.25) is 0 Å². The number of nitrogens with one attached hydrogen (secondary N) is 1. The fraction of sp³-hybridized carbons (Fsp3) is 0.500. The highest BCUT2D eigenvalue weighted by molar-refractivity contribution is 7.99. The van der Waals surface area contributed by atoms with E-state index in [0.717, 1.165) is 23.5 Å². The number of benzene rings is 1. The maximum atomic E-state index is 13.4. The van der Waals surface area contributed by atoms with E-state index in [-0.39, 0.29) is 11.9 Å². The molecule has 1 rings (SSSR count). The summed E-state index contributed by atoms with van der Waals surface area (Å²) in [5.41, 5.74) is 4.32. The standard InChI is InChI=1S/C12H19FN2S/c1-3-6-16-8-12(15-14)10-5-4-9(2)11(13)7-10/h4-5,7,12,15H,3,6,8,14H2,1-2H3. The van der Waals surface area contributed by atoms with E-state index >= 15 is 0 Å². The van der Waals surface area contributed by atoms with Gasteiger partial charge in [0, 0.05) is 5.75 Å². The molecule has 0 aliphatic carbocycles. The molecule has 0 spiro atoms. The molecule has 0 saturated carbocycles. The van der Waals surface area contributed by atoms with Crippen molar-refractivity contribution in [1.82, 2.24) is 5.43 Å². The Labute approximate surface area is 101 Å². The Morgan fingerprint density at radius 1 is 1.50 bits per heavy atom. The molecule has 2 nitrogen and oxygen atoms in total. The lowest BCUT2D eigenvalue weighted by atomic mass is 10.1. The Bertz CT molecular complexity index is 331. The number of aryl methyl sites for hydroxylation is 1. The predicted molar refractivity (Wildman–Crippen MR) is 68.8 cm³/mol. The van der Waals surface area contributed by atoms with Crippen molar-refractivity contribution in [2.24, 2.45) is 5.84 Å². The third kappa shape index (κ3) is 3.77. The first kappa shape index (κ1) is 13.5. The van der Waals surface area contributed by atoms with Crippen molar-refractivity contribution in [3.8, 4) is 0 Å². The molecule has 1 aromatic rings. The summed E-state index contributed by atoms with van der Waals surface area (Å²) in [5, 5.41) is 0. The van der Waals surface area contributed by atoms with Crippen LogP contribution in [0.5, 0.6) is 0 Å². The zero-order valence-corrected chi connectivity index (χ0v) is 10.6. The summed E-state index contributed by atoms with van der Waals surface area (Å²) in [6.07, 6.45) is 1.14. The third-order valence-corrected chi connectivity index (χ3v) is 3.70. The van der Waals surface area contributed by atoms with E-state index in [0.29, 0.717) is 5.56 Å². The fourth-order valence-corrected chi connectivity index (χ4v) is 2.39. The third-order valence-electron chi connectivity index (χ3n) is 2.43. The topological polar surface area (TPSA) is 38.0 Å². The van der Waals surface area contributed by atoms with E-state index in [1.165, 1.54) is 0 Å². The van der Waals surface area contributed by atoms with Gasteiger partial charge in [-0.3, -0.25) is 11.3 Å². The second kappa shape index (κ2) is 6.89. The Morgan fingerprint density at radius 2 is 2.25 bits per heavy atom. The van der Waals surface area contributed by atoms with Gasteiger partial charge in [-0.25, -0.2) is 4.39 Å². The Hall–Kier alpha value is -0.580. The zero-order chi connectivity index (χ0) is 12.0. The molecule has 0 heterocycles. The molecule has 0 fully saturated rings. The molecule has 0 radical (unpaired) electrons. The highest BCUT2D eigenvalue weighted by Gasteiger charge is 2.10. The van der Waals surface area contributed by atoms with Crippen molar-refractivity contribution < 1.29 is 4.39 Å². The number of halogens is 1. The van der Waals surface area contributed by atoms with Crippen LogP contribution in [-0.4, -0.2) is 11.5 Å². The second-order valence-electron chi connectivity index (χ2n) is 3.80. The van der Waals surface area contributed by atoms with Crippen LogP contribution >= 0.6 is 11.8 Å². The van der Waals surface area contributed by atoms with Crippen molar-refractivity contribution in [1.29, 1.82) is 0 Å². The molecule has 0 amide bonds. The number of thioether (sulfide) groups is 1. The van der Waals surface area contributed by atoms with E-state index in [4.69, 9.17) is 5.84 Å². The SMILES string of the molecule is CCCSCC(NN)c1ccc(C)c(F)c1. The average Bonchev–Trinajstić information content (AvgIpc) is 2.29. The van der Waals surface area contributed by atoms with Crippen molar-refractivity contribution in [2.45, 2.75) is 26.3 Å². The molecule has 3 N–H and O–H groups in total. The lowest BCUT2D eigenvalue weighted by Crippen LogP contribution is -2.29. The summed E-state index contributed by atoms with van der Waals surface area (Å²) in [6, 6.07) is 5.30. The number of hydrogen-bond acceptors (Lipinski definition) is 3. The molecule has 0 aliphatic rings. The van der Waals surface area contributed by atoms with Crippen LogP contribution in [0, 0.1) is 12.7 Å². The maximum absolute atomic E-state index is 13.4. The molecule has 90 valence electrons. The Morgan fingerprint density at radius 3 is 2.81 bits per heavy atom. The van der Waals surface area contributed by atoms with E-state index < -0.39 is 0 Å². The van der Waals surface area contributed by atoms with Gasteiger partial charge in [0.15, 0.2) is 0 Å². The first-order chi connectivity index (χ1) is 7.69. The van der Waals surface area contributed by atoms with Gasteiger partial charge >= 0.3 is 0 Å². The maximum Gasteiger partial charge on any atom is 0.126 e. The van der Waals surface area contributed by atoms with Gasteiger partial charge in [0.1, 0.15) is 5.82 Å². The molecule has 0 bridgehead atoms.